The second-order valence-electron chi connectivity index (χ2n) is 6.81. The van der Waals surface area contributed by atoms with Crippen LogP contribution in [0.25, 0.3) is 0 Å². The fraction of sp³-hybridized carbons (Fsp3) is 0.368. The van der Waals surface area contributed by atoms with Crippen LogP contribution in [-0.2, 0) is 22.9 Å². The first-order valence-electron chi connectivity index (χ1n) is 8.56. The molecule has 2 aromatic carbocycles. The van der Waals surface area contributed by atoms with Crippen molar-refractivity contribution in [1.29, 1.82) is 0 Å². The molecule has 0 heterocycles. The van der Waals surface area contributed by atoms with Gasteiger partial charge in [-0.25, -0.2) is 8.42 Å². The number of methoxy groups -OCH3 is 1. The molecule has 0 amide bonds. The average molecular weight is 429 g/mol. The van der Waals surface area contributed by atoms with Crippen LogP contribution in [0.4, 0.5) is 5.69 Å². The molecule has 0 saturated carbocycles. The number of hydrogen-bond acceptors (Lipinski definition) is 4. The number of nitrogens with one attached hydrogen (secondary N) is 1. The fourth-order valence-corrected chi connectivity index (χ4v) is 4.89. The van der Waals surface area contributed by atoms with E-state index in [1.165, 1.54) is 18.2 Å². The Bertz CT molecular complexity index is 962. The lowest BCUT2D eigenvalue weighted by molar-refractivity contribution is 0.265. The second kappa shape index (κ2) is 7.87. The molecule has 0 aromatic heterocycles. The van der Waals surface area contributed by atoms with Crippen LogP contribution in [0.15, 0.2) is 35.2 Å². The van der Waals surface area contributed by atoms with Gasteiger partial charge in [0.1, 0.15) is 5.75 Å². The Morgan fingerprint density at radius 1 is 1.11 bits per heavy atom. The van der Waals surface area contributed by atoms with Crippen molar-refractivity contribution in [1.82, 2.24) is 4.90 Å². The average Bonchev–Trinajstić information content (AvgIpc) is 2.63. The number of fused-ring (bicyclic) bond motifs is 1. The highest BCUT2D eigenvalue weighted by Gasteiger charge is 2.27. The predicted molar refractivity (Wildman–Crippen MR) is 110 cm³/mol. The third-order valence-electron chi connectivity index (χ3n) is 4.95. The van der Waals surface area contributed by atoms with Gasteiger partial charge in [-0.15, -0.1) is 0 Å². The standard InChI is InChI=1S/C19H22Cl2N2O3S/c1-23(2)12-4-6-14-15(10-12)19(26-3)9-8-18(14)22-27(24,25)13-5-7-16(20)17(21)11-13/h5,7-9,11-12,22H,4,6,10H2,1-3H3/t12-/m0/s1. The monoisotopic (exact) mass is 428 g/mol. The summed E-state index contributed by atoms with van der Waals surface area (Å²) in [5, 5.41) is 0.511. The molecule has 0 bridgehead atoms. The van der Waals surface area contributed by atoms with Crippen LogP contribution < -0.4 is 9.46 Å². The minimum absolute atomic E-state index is 0.0726. The lowest BCUT2D eigenvalue weighted by Gasteiger charge is -2.32. The molecule has 0 unspecified atom stereocenters. The van der Waals surface area contributed by atoms with Crippen LogP contribution in [-0.4, -0.2) is 40.6 Å². The number of nitrogens with zero attached hydrogens (tertiary/aromatic N) is 1. The topological polar surface area (TPSA) is 58.6 Å². The summed E-state index contributed by atoms with van der Waals surface area (Å²) in [5.74, 6) is 0.786. The minimum atomic E-state index is -3.78. The Morgan fingerprint density at radius 3 is 2.48 bits per heavy atom. The molecule has 146 valence electrons. The first-order chi connectivity index (χ1) is 12.7. The first kappa shape index (κ1) is 20.3. The number of ether oxygens (including phenoxy) is 1. The Labute approximate surface area is 170 Å². The summed E-state index contributed by atoms with van der Waals surface area (Å²) in [4.78, 5) is 2.26. The van der Waals surface area contributed by atoms with E-state index in [4.69, 9.17) is 27.9 Å². The molecule has 0 fully saturated rings. The molecule has 27 heavy (non-hydrogen) atoms. The van der Waals surface area contributed by atoms with Gasteiger partial charge >= 0.3 is 0 Å². The summed E-state index contributed by atoms with van der Waals surface area (Å²) in [6.45, 7) is 0. The zero-order chi connectivity index (χ0) is 19.8. The number of likely N-dealkylation sites (N-methyl/N-ethyl adjacent to an activating group) is 1. The fourth-order valence-electron chi connectivity index (χ4n) is 3.40. The normalized spacial score (nSPS) is 16.9. The Kier molecular flexibility index (Phi) is 5.91. The lowest BCUT2D eigenvalue weighted by atomic mass is 9.86. The van der Waals surface area contributed by atoms with E-state index in [1.54, 1.807) is 13.2 Å². The van der Waals surface area contributed by atoms with Crippen LogP contribution in [0.1, 0.15) is 17.5 Å². The number of rotatable bonds is 5. The van der Waals surface area contributed by atoms with E-state index < -0.39 is 10.0 Å². The molecule has 8 heteroatoms. The minimum Gasteiger partial charge on any atom is -0.496 e. The Morgan fingerprint density at radius 2 is 1.85 bits per heavy atom. The van der Waals surface area contributed by atoms with Crippen molar-refractivity contribution < 1.29 is 13.2 Å². The summed E-state index contributed by atoms with van der Waals surface area (Å²) in [6, 6.07) is 8.22. The van der Waals surface area contributed by atoms with Crippen molar-refractivity contribution >= 4 is 38.9 Å². The van der Waals surface area contributed by atoms with Gasteiger partial charge in [-0.1, -0.05) is 23.2 Å². The maximum Gasteiger partial charge on any atom is 0.261 e. The van der Waals surface area contributed by atoms with Gasteiger partial charge in [0.15, 0.2) is 0 Å². The SMILES string of the molecule is COc1ccc(NS(=O)(=O)c2ccc(Cl)c(Cl)c2)c2c1C[C@@H](N(C)C)CC2. The molecule has 1 aliphatic rings. The number of sulfonamides is 1. The zero-order valence-electron chi connectivity index (χ0n) is 15.4. The van der Waals surface area contributed by atoms with E-state index >= 15 is 0 Å². The molecule has 3 rings (SSSR count). The van der Waals surface area contributed by atoms with Gasteiger partial charge in [0.05, 0.1) is 27.7 Å². The highest BCUT2D eigenvalue weighted by Crippen LogP contribution is 2.37. The molecule has 5 nitrogen and oxygen atoms in total. The Hall–Kier alpha value is -1.47. The number of hydrogen-bond donors (Lipinski definition) is 1. The predicted octanol–water partition coefficient (Wildman–Crippen LogP) is 4.22. The van der Waals surface area contributed by atoms with Gasteiger partial charge in [-0.2, -0.15) is 0 Å². The van der Waals surface area contributed by atoms with Crippen molar-refractivity contribution in [2.75, 3.05) is 25.9 Å². The molecule has 1 aliphatic carbocycles. The lowest BCUT2D eigenvalue weighted by Crippen LogP contribution is -2.34. The maximum atomic E-state index is 12.8. The summed E-state index contributed by atoms with van der Waals surface area (Å²) in [5.41, 5.74) is 2.61. The molecule has 2 aromatic rings. The van der Waals surface area contributed by atoms with E-state index in [1.807, 2.05) is 6.07 Å². The maximum absolute atomic E-state index is 12.8. The first-order valence-corrected chi connectivity index (χ1v) is 10.8. The largest absolute Gasteiger partial charge is 0.496 e. The van der Waals surface area contributed by atoms with Gasteiger partial charge < -0.3 is 9.64 Å². The molecule has 0 radical (unpaired) electrons. The van der Waals surface area contributed by atoms with E-state index in [-0.39, 0.29) is 9.92 Å². The van der Waals surface area contributed by atoms with E-state index in [0.717, 1.165) is 36.1 Å². The highest BCUT2D eigenvalue weighted by atomic mass is 35.5. The summed E-state index contributed by atoms with van der Waals surface area (Å²) >= 11 is 11.9. The van der Waals surface area contributed by atoms with Crippen molar-refractivity contribution in [3.8, 4) is 5.75 Å². The smallest absolute Gasteiger partial charge is 0.261 e. The Balaban J connectivity index is 1.98. The van der Waals surface area contributed by atoms with E-state index in [0.29, 0.717) is 16.8 Å². The number of halogens is 2. The molecular formula is C19H22Cl2N2O3S. The highest BCUT2D eigenvalue weighted by molar-refractivity contribution is 7.92. The van der Waals surface area contributed by atoms with Crippen LogP contribution in [0.3, 0.4) is 0 Å². The third kappa shape index (κ3) is 4.19. The van der Waals surface area contributed by atoms with Crippen LogP contribution in [0, 0.1) is 0 Å². The number of benzene rings is 2. The van der Waals surface area contributed by atoms with Crippen LogP contribution in [0.5, 0.6) is 5.75 Å². The molecule has 0 spiro atoms. The second-order valence-corrected chi connectivity index (χ2v) is 9.31. The van der Waals surface area contributed by atoms with E-state index in [9.17, 15) is 8.42 Å². The van der Waals surface area contributed by atoms with E-state index in [2.05, 4.69) is 23.7 Å². The molecular weight excluding hydrogens is 407 g/mol. The quantitative estimate of drug-likeness (QED) is 0.773. The van der Waals surface area contributed by atoms with Gasteiger partial charge in [-0.3, -0.25) is 4.72 Å². The van der Waals surface area contributed by atoms with Gasteiger partial charge in [0, 0.05) is 11.6 Å². The van der Waals surface area contributed by atoms with Crippen molar-refractivity contribution in [3.63, 3.8) is 0 Å². The van der Waals surface area contributed by atoms with Crippen molar-refractivity contribution in [2.24, 2.45) is 0 Å². The molecule has 0 aliphatic heterocycles. The molecule has 1 atom stereocenters. The third-order valence-corrected chi connectivity index (χ3v) is 7.05. The van der Waals surface area contributed by atoms with Gasteiger partial charge in [-0.05, 0) is 69.3 Å². The van der Waals surface area contributed by atoms with Crippen molar-refractivity contribution in [2.45, 2.75) is 30.2 Å². The van der Waals surface area contributed by atoms with Gasteiger partial charge in [0.2, 0.25) is 0 Å². The van der Waals surface area contributed by atoms with Crippen LogP contribution in [0.2, 0.25) is 10.0 Å². The summed E-state index contributed by atoms with van der Waals surface area (Å²) in [6.07, 6.45) is 2.54. The van der Waals surface area contributed by atoms with Crippen molar-refractivity contribution in [3.05, 3.63) is 51.5 Å². The summed E-state index contributed by atoms with van der Waals surface area (Å²) in [7, 11) is 1.96. The van der Waals surface area contributed by atoms with Crippen LogP contribution >= 0.6 is 23.2 Å². The molecule has 1 N–H and O–H groups in total. The molecule has 0 saturated heterocycles. The number of anilines is 1. The summed E-state index contributed by atoms with van der Waals surface area (Å²) < 4.78 is 33.9. The zero-order valence-corrected chi connectivity index (χ0v) is 17.7. The van der Waals surface area contributed by atoms with Gasteiger partial charge in [0.25, 0.3) is 10.0 Å².